The summed E-state index contributed by atoms with van der Waals surface area (Å²) in [6, 6.07) is 9.92. The molecule has 1 aromatic heterocycles. The van der Waals surface area contributed by atoms with Crippen molar-refractivity contribution in [2.75, 3.05) is 45.9 Å². The Morgan fingerprint density at radius 1 is 1.12 bits per heavy atom. The Kier molecular flexibility index (Phi) is 7.01. The highest BCUT2D eigenvalue weighted by atomic mass is 16.6. The van der Waals surface area contributed by atoms with Gasteiger partial charge in [-0.1, -0.05) is 30.3 Å². The Balaban J connectivity index is 1.13. The zero-order chi connectivity index (χ0) is 23.3. The van der Waals surface area contributed by atoms with E-state index in [1.165, 1.54) is 6.20 Å². The molecule has 5 rings (SSSR count). The van der Waals surface area contributed by atoms with Crippen molar-refractivity contribution in [2.24, 2.45) is 11.8 Å². The van der Waals surface area contributed by atoms with Gasteiger partial charge < -0.3 is 24.6 Å². The van der Waals surface area contributed by atoms with Crippen molar-refractivity contribution in [2.45, 2.75) is 25.0 Å². The molecule has 0 bridgehead atoms. The summed E-state index contributed by atoms with van der Waals surface area (Å²) in [5.74, 6) is 0.903. The summed E-state index contributed by atoms with van der Waals surface area (Å²) in [7, 11) is 0. The van der Waals surface area contributed by atoms with Gasteiger partial charge in [-0.15, -0.1) is 0 Å². The lowest BCUT2D eigenvalue weighted by Gasteiger charge is -2.25. The Morgan fingerprint density at radius 2 is 1.91 bits per heavy atom. The zero-order valence-electron chi connectivity index (χ0n) is 19.2. The van der Waals surface area contributed by atoms with Gasteiger partial charge in [0.15, 0.2) is 0 Å². The molecule has 9 heteroatoms. The molecular formula is C25H31N5O4. The third-order valence-corrected chi connectivity index (χ3v) is 7.02. The highest BCUT2D eigenvalue weighted by Gasteiger charge is 2.42. The fourth-order valence-electron chi connectivity index (χ4n) is 5.26. The van der Waals surface area contributed by atoms with Crippen molar-refractivity contribution in [3.8, 4) is 0 Å². The molecule has 0 saturated carbocycles. The van der Waals surface area contributed by atoms with Crippen molar-refractivity contribution in [3.05, 3.63) is 60.2 Å². The van der Waals surface area contributed by atoms with Gasteiger partial charge in [0.05, 0.1) is 25.5 Å². The first kappa shape index (κ1) is 22.7. The van der Waals surface area contributed by atoms with Crippen LogP contribution in [0.1, 0.15) is 34.9 Å². The van der Waals surface area contributed by atoms with Crippen molar-refractivity contribution >= 4 is 12.0 Å². The second kappa shape index (κ2) is 10.5. The highest BCUT2D eigenvalue weighted by Crippen LogP contribution is 2.32. The number of benzene rings is 1. The van der Waals surface area contributed by atoms with Crippen LogP contribution < -0.4 is 5.32 Å². The minimum Gasteiger partial charge on any atom is -0.444 e. The molecule has 9 nitrogen and oxygen atoms in total. The van der Waals surface area contributed by atoms with Crippen molar-refractivity contribution in [3.63, 3.8) is 0 Å². The standard InChI is InChI=1S/C25H31N5O4/c31-24(23-12-26-8-9-27-23)30-15-19-13-29(14-20(19)16-30)10-6-22(18-4-2-1-3-5-18)28-25(32)34-21-7-11-33-17-21/h1-5,8-9,12,19-22H,6-7,10-11,13-17H2,(H,28,32)/t19-,20?,21?,22?/m0/s1. The van der Waals surface area contributed by atoms with Crippen LogP contribution in [0.3, 0.4) is 0 Å². The predicted octanol–water partition coefficient (Wildman–Crippen LogP) is 2.13. The lowest BCUT2D eigenvalue weighted by Crippen LogP contribution is -2.36. The van der Waals surface area contributed by atoms with Crippen molar-refractivity contribution < 1.29 is 19.1 Å². The molecule has 4 heterocycles. The third-order valence-electron chi connectivity index (χ3n) is 7.02. The van der Waals surface area contributed by atoms with Gasteiger partial charge in [0, 0.05) is 51.5 Å². The number of amides is 2. The molecule has 3 aliphatic rings. The summed E-state index contributed by atoms with van der Waals surface area (Å²) in [6.07, 6.45) is 5.65. The van der Waals surface area contributed by atoms with Gasteiger partial charge >= 0.3 is 6.09 Å². The summed E-state index contributed by atoms with van der Waals surface area (Å²) in [4.78, 5) is 37.7. The molecule has 3 unspecified atom stereocenters. The van der Waals surface area contributed by atoms with E-state index < -0.39 is 0 Å². The quantitative estimate of drug-likeness (QED) is 0.669. The van der Waals surface area contributed by atoms with Crippen molar-refractivity contribution in [1.82, 2.24) is 25.1 Å². The fraction of sp³-hybridized carbons (Fsp3) is 0.520. The fourth-order valence-corrected chi connectivity index (χ4v) is 5.26. The SMILES string of the molecule is O=C(NC(CCN1CC2CN(C(=O)c3cnccn3)C[C@@H]2C1)c1ccccc1)OC1CCOC1. The topological polar surface area (TPSA) is 96.9 Å². The zero-order valence-corrected chi connectivity index (χ0v) is 19.2. The van der Waals surface area contributed by atoms with Crippen LogP contribution in [0.15, 0.2) is 48.9 Å². The Morgan fingerprint density at radius 3 is 2.59 bits per heavy atom. The van der Waals surface area contributed by atoms with Crippen LogP contribution in [0.2, 0.25) is 0 Å². The molecule has 0 aliphatic carbocycles. The number of likely N-dealkylation sites (tertiary alicyclic amines) is 2. The molecule has 3 aliphatic heterocycles. The summed E-state index contributed by atoms with van der Waals surface area (Å²) in [5, 5.41) is 3.07. The maximum atomic E-state index is 12.7. The number of carbonyl (C=O) groups excluding carboxylic acids is 2. The first-order valence-corrected chi connectivity index (χ1v) is 12.0. The summed E-state index contributed by atoms with van der Waals surface area (Å²) >= 11 is 0. The van der Waals surface area contributed by atoms with Gasteiger partial charge in [0.2, 0.25) is 0 Å². The van der Waals surface area contributed by atoms with Crippen LogP contribution in [0, 0.1) is 11.8 Å². The number of alkyl carbamates (subject to hydrolysis) is 1. The Bertz CT molecular complexity index is 956. The van der Waals surface area contributed by atoms with E-state index in [1.54, 1.807) is 12.4 Å². The largest absolute Gasteiger partial charge is 0.444 e. The maximum Gasteiger partial charge on any atom is 0.407 e. The van der Waals surface area contributed by atoms with Crippen LogP contribution in [-0.2, 0) is 9.47 Å². The van der Waals surface area contributed by atoms with Gasteiger partial charge in [-0.25, -0.2) is 9.78 Å². The molecule has 0 spiro atoms. The summed E-state index contributed by atoms with van der Waals surface area (Å²) in [6.45, 7) is 5.41. The van der Waals surface area contributed by atoms with Gasteiger partial charge in [-0.3, -0.25) is 9.78 Å². The number of aromatic nitrogens is 2. The number of ether oxygens (including phenoxy) is 2. The Labute approximate surface area is 199 Å². The number of rotatable bonds is 7. The minimum absolute atomic E-state index is 0.0337. The van der Waals surface area contributed by atoms with E-state index in [2.05, 4.69) is 20.2 Å². The average Bonchev–Trinajstić information content (AvgIpc) is 3.59. The number of hydrogen-bond donors (Lipinski definition) is 1. The van der Waals surface area contributed by atoms with Gasteiger partial charge in [0.25, 0.3) is 5.91 Å². The smallest absolute Gasteiger partial charge is 0.407 e. The molecule has 34 heavy (non-hydrogen) atoms. The molecule has 3 saturated heterocycles. The molecule has 2 amide bonds. The lowest BCUT2D eigenvalue weighted by molar-refractivity contribution is 0.0767. The predicted molar refractivity (Wildman–Crippen MR) is 124 cm³/mol. The Hall–Kier alpha value is -3.04. The minimum atomic E-state index is -0.388. The molecule has 1 N–H and O–H groups in total. The summed E-state index contributed by atoms with van der Waals surface area (Å²) in [5.41, 5.74) is 1.48. The van der Waals surface area contributed by atoms with E-state index in [-0.39, 0.29) is 24.1 Å². The summed E-state index contributed by atoms with van der Waals surface area (Å²) < 4.78 is 10.8. The van der Waals surface area contributed by atoms with Crippen LogP contribution >= 0.6 is 0 Å². The number of hydrogen-bond acceptors (Lipinski definition) is 7. The highest BCUT2D eigenvalue weighted by molar-refractivity contribution is 5.92. The molecule has 4 atom stereocenters. The van der Waals surface area contributed by atoms with E-state index in [9.17, 15) is 9.59 Å². The third kappa shape index (κ3) is 5.37. The normalized spacial score (nSPS) is 25.2. The second-order valence-corrected chi connectivity index (χ2v) is 9.37. The number of carbonyl (C=O) groups is 2. The van der Waals surface area contributed by atoms with Crippen molar-refractivity contribution in [1.29, 1.82) is 0 Å². The van der Waals surface area contributed by atoms with Gasteiger partial charge in [0.1, 0.15) is 11.8 Å². The van der Waals surface area contributed by atoms with E-state index >= 15 is 0 Å². The van der Waals surface area contributed by atoms with E-state index in [0.29, 0.717) is 30.7 Å². The van der Waals surface area contributed by atoms with Crippen LogP contribution in [0.5, 0.6) is 0 Å². The van der Waals surface area contributed by atoms with E-state index in [1.807, 2.05) is 35.2 Å². The molecule has 1 aromatic carbocycles. The van der Waals surface area contributed by atoms with Crippen LogP contribution in [0.25, 0.3) is 0 Å². The maximum absolute atomic E-state index is 12.7. The molecule has 2 aromatic rings. The number of fused-ring (bicyclic) bond motifs is 1. The first-order chi connectivity index (χ1) is 16.7. The molecule has 0 radical (unpaired) electrons. The van der Waals surface area contributed by atoms with Gasteiger partial charge in [-0.05, 0) is 23.8 Å². The lowest BCUT2D eigenvalue weighted by atomic mass is 10.0. The van der Waals surface area contributed by atoms with E-state index in [0.717, 1.165) is 51.1 Å². The van der Waals surface area contributed by atoms with E-state index in [4.69, 9.17) is 9.47 Å². The monoisotopic (exact) mass is 465 g/mol. The average molecular weight is 466 g/mol. The number of nitrogens with one attached hydrogen (secondary N) is 1. The van der Waals surface area contributed by atoms with Gasteiger partial charge in [-0.2, -0.15) is 0 Å². The van der Waals surface area contributed by atoms with Crippen LogP contribution in [-0.4, -0.2) is 83.8 Å². The molecular weight excluding hydrogens is 434 g/mol. The molecule has 180 valence electrons. The first-order valence-electron chi connectivity index (χ1n) is 12.0. The number of nitrogens with zero attached hydrogens (tertiary/aromatic N) is 4. The van der Waals surface area contributed by atoms with Crippen LogP contribution in [0.4, 0.5) is 4.79 Å². The second-order valence-electron chi connectivity index (χ2n) is 9.37. The molecule has 3 fully saturated rings.